The van der Waals surface area contributed by atoms with E-state index < -0.39 is 0 Å². The van der Waals surface area contributed by atoms with Crippen molar-refractivity contribution in [2.45, 2.75) is 46.5 Å². The van der Waals surface area contributed by atoms with Gasteiger partial charge in [0, 0.05) is 11.6 Å². The molecule has 0 spiro atoms. The van der Waals surface area contributed by atoms with Crippen molar-refractivity contribution < 1.29 is 4.79 Å². The van der Waals surface area contributed by atoms with Gasteiger partial charge < -0.3 is 5.32 Å². The van der Waals surface area contributed by atoms with E-state index in [0.717, 1.165) is 36.1 Å². The number of carbonyl (C=O) groups excluding carboxylic acids is 1. The van der Waals surface area contributed by atoms with Crippen molar-refractivity contribution in [3.05, 3.63) is 42.0 Å². The third-order valence-corrected chi connectivity index (χ3v) is 4.86. The van der Waals surface area contributed by atoms with E-state index in [9.17, 15) is 4.79 Å². The number of nitriles is 1. The molecule has 0 bridgehead atoms. The highest BCUT2D eigenvalue weighted by Crippen LogP contribution is 2.44. The second-order valence-electron chi connectivity index (χ2n) is 7.49. The van der Waals surface area contributed by atoms with Crippen LogP contribution in [0.4, 0.5) is 5.69 Å². The third-order valence-electron chi connectivity index (χ3n) is 4.86. The number of rotatable bonds is 4. The molecule has 2 unspecified atom stereocenters. The van der Waals surface area contributed by atoms with E-state index in [0.29, 0.717) is 6.42 Å². The van der Waals surface area contributed by atoms with Crippen molar-refractivity contribution in [3.8, 4) is 6.07 Å². The maximum atomic E-state index is 12.8. The molecule has 1 aliphatic carbocycles. The van der Waals surface area contributed by atoms with Crippen LogP contribution in [0.2, 0.25) is 0 Å². The molecule has 122 valence electrons. The molecule has 2 rings (SSSR count). The molecule has 1 amide bonds. The number of amides is 1. The molecule has 1 aromatic carbocycles. The highest BCUT2D eigenvalue weighted by Gasteiger charge is 2.39. The average Bonchev–Trinajstić information content (AvgIpc) is 2.48. The average molecular weight is 310 g/mol. The van der Waals surface area contributed by atoms with Crippen LogP contribution in [0, 0.1) is 28.6 Å². The Balaban J connectivity index is 2.10. The van der Waals surface area contributed by atoms with Crippen LogP contribution < -0.4 is 5.32 Å². The standard InChI is InChI=1S/C20H26N2O/c1-14(2)17-9-11-20(3,4)13-18(17)19(23)22-16-7-5-15(6-8-16)10-12-21/h5-8,17-18H,1,9-11,13H2,2-4H3,(H,22,23). The molecule has 0 aromatic heterocycles. The van der Waals surface area contributed by atoms with E-state index in [1.54, 1.807) is 0 Å². The summed E-state index contributed by atoms with van der Waals surface area (Å²) in [5.74, 6) is 0.328. The summed E-state index contributed by atoms with van der Waals surface area (Å²) < 4.78 is 0. The number of hydrogen-bond donors (Lipinski definition) is 1. The summed E-state index contributed by atoms with van der Waals surface area (Å²) in [4.78, 5) is 12.8. The van der Waals surface area contributed by atoms with E-state index in [1.165, 1.54) is 0 Å². The van der Waals surface area contributed by atoms with Crippen LogP contribution >= 0.6 is 0 Å². The van der Waals surface area contributed by atoms with Gasteiger partial charge in [-0.15, -0.1) is 0 Å². The van der Waals surface area contributed by atoms with E-state index in [-0.39, 0.29) is 23.2 Å². The molecule has 2 atom stereocenters. The molecule has 23 heavy (non-hydrogen) atoms. The Hall–Kier alpha value is -2.08. The normalized spacial score (nSPS) is 22.9. The van der Waals surface area contributed by atoms with Crippen molar-refractivity contribution in [3.63, 3.8) is 0 Å². The Labute approximate surface area is 139 Å². The summed E-state index contributed by atoms with van der Waals surface area (Å²) in [5.41, 5.74) is 3.06. The first-order valence-corrected chi connectivity index (χ1v) is 8.24. The first-order chi connectivity index (χ1) is 10.8. The van der Waals surface area contributed by atoms with Gasteiger partial charge >= 0.3 is 0 Å². The first kappa shape index (κ1) is 17.3. The summed E-state index contributed by atoms with van der Waals surface area (Å²) in [6.45, 7) is 10.6. The minimum atomic E-state index is -0.0185. The fourth-order valence-corrected chi connectivity index (χ4v) is 3.48. The van der Waals surface area contributed by atoms with Gasteiger partial charge in [0.05, 0.1) is 12.5 Å². The molecule has 1 N–H and O–H groups in total. The fraction of sp³-hybridized carbons (Fsp3) is 0.500. The van der Waals surface area contributed by atoms with Crippen LogP contribution in [-0.2, 0) is 11.2 Å². The topological polar surface area (TPSA) is 52.9 Å². The molecule has 1 aliphatic rings. The molecule has 3 nitrogen and oxygen atoms in total. The molecular weight excluding hydrogens is 284 g/mol. The summed E-state index contributed by atoms with van der Waals surface area (Å²) in [5, 5.41) is 11.7. The molecular formula is C20H26N2O. The molecule has 0 heterocycles. The van der Waals surface area contributed by atoms with E-state index in [1.807, 2.05) is 31.2 Å². The lowest BCUT2D eigenvalue weighted by Crippen LogP contribution is -2.38. The number of carbonyl (C=O) groups is 1. The third kappa shape index (κ3) is 4.45. The fourth-order valence-electron chi connectivity index (χ4n) is 3.48. The van der Waals surface area contributed by atoms with Gasteiger partial charge in [-0.3, -0.25) is 4.79 Å². The summed E-state index contributed by atoms with van der Waals surface area (Å²) in [6.07, 6.45) is 3.45. The highest BCUT2D eigenvalue weighted by molar-refractivity contribution is 5.93. The predicted octanol–water partition coefficient (Wildman–Crippen LogP) is 4.71. The van der Waals surface area contributed by atoms with E-state index in [4.69, 9.17) is 5.26 Å². The monoisotopic (exact) mass is 310 g/mol. The zero-order valence-electron chi connectivity index (χ0n) is 14.4. The second-order valence-corrected chi connectivity index (χ2v) is 7.49. The van der Waals surface area contributed by atoms with Crippen molar-refractivity contribution >= 4 is 11.6 Å². The highest BCUT2D eigenvalue weighted by atomic mass is 16.1. The van der Waals surface area contributed by atoms with Crippen LogP contribution in [0.1, 0.15) is 45.6 Å². The first-order valence-electron chi connectivity index (χ1n) is 8.24. The van der Waals surface area contributed by atoms with Gasteiger partial charge in [0.1, 0.15) is 0 Å². The molecule has 1 saturated carbocycles. The number of benzene rings is 1. The van der Waals surface area contributed by atoms with Gasteiger partial charge in [-0.2, -0.15) is 5.26 Å². The molecule has 0 aliphatic heterocycles. The van der Waals surface area contributed by atoms with Crippen LogP contribution in [-0.4, -0.2) is 5.91 Å². The maximum absolute atomic E-state index is 12.8. The van der Waals surface area contributed by atoms with Crippen LogP contribution in [0.3, 0.4) is 0 Å². The summed E-state index contributed by atoms with van der Waals surface area (Å²) in [6, 6.07) is 9.64. The quantitative estimate of drug-likeness (QED) is 0.819. The van der Waals surface area contributed by atoms with Crippen molar-refractivity contribution in [1.29, 1.82) is 5.26 Å². The minimum absolute atomic E-state index is 0.0185. The maximum Gasteiger partial charge on any atom is 0.228 e. The zero-order valence-corrected chi connectivity index (χ0v) is 14.4. The minimum Gasteiger partial charge on any atom is -0.326 e. The Kier molecular flexibility index (Phi) is 5.26. The molecule has 0 radical (unpaired) electrons. The number of hydrogen-bond acceptors (Lipinski definition) is 2. The van der Waals surface area contributed by atoms with Crippen LogP contribution in [0.5, 0.6) is 0 Å². The lowest BCUT2D eigenvalue weighted by atomic mass is 9.65. The molecule has 3 heteroatoms. The Morgan fingerprint density at radius 3 is 2.57 bits per heavy atom. The summed E-state index contributed by atoms with van der Waals surface area (Å²) >= 11 is 0. The largest absolute Gasteiger partial charge is 0.326 e. The number of nitrogens with one attached hydrogen (secondary N) is 1. The Morgan fingerprint density at radius 2 is 2.00 bits per heavy atom. The molecule has 1 aromatic rings. The smallest absolute Gasteiger partial charge is 0.228 e. The second kappa shape index (κ2) is 7.00. The van der Waals surface area contributed by atoms with Gasteiger partial charge in [-0.25, -0.2) is 0 Å². The van der Waals surface area contributed by atoms with Crippen LogP contribution in [0.15, 0.2) is 36.4 Å². The van der Waals surface area contributed by atoms with Gasteiger partial charge in [-0.1, -0.05) is 38.1 Å². The van der Waals surface area contributed by atoms with Crippen molar-refractivity contribution in [1.82, 2.24) is 0 Å². The van der Waals surface area contributed by atoms with Crippen molar-refractivity contribution in [2.75, 3.05) is 5.32 Å². The van der Waals surface area contributed by atoms with Gasteiger partial charge in [0.25, 0.3) is 0 Å². The SMILES string of the molecule is C=C(C)C1CCC(C)(C)CC1C(=O)Nc1ccc(CC#N)cc1. The van der Waals surface area contributed by atoms with Crippen LogP contribution in [0.25, 0.3) is 0 Å². The molecule has 0 saturated heterocycles. The van der Waals surface area contributed by atoms with Gasteiger partial charge in [0.15, 0.2) is 0 Å². The lowest BCUT2D eigenvalue weighted by Gasteiger charge is -2.40. The Bertz CT molecular complexity index is 622. The summed E-state index contributed by atoms with van der Waals surface area (Å²) in [7, 11) is 0. The van der Waals surface area contributed by atoms with Crippen molar-refractivity contribution in [2.24, 2.45) is 17.3 Å². The predicted molar refractivity (Wildman–Crippen MR) is 93.8 cm³/mol. The lowest BCUT2D eigenvalue weighted by molar-refractivity contribution is -0.123. The van der Waals surface area contributed by atoms with E-state index >= 15 is 0 Å². The number of allylic oxidation sites excluding steroid dienone is 1. The number of nitrogens with zero attached hydrogens (tertiary/aromatic N) is 1. The number of anilines is 1. The zero-order chi connectivity index (χ0) is 17.0. The molecule has 1 fully saturated rings. The van der Waals surface area contributed by atoms with Gasteiger partial charge in [-0.05, 0) is 55.2 Å². The Morgan fingerprint density at radius 1 is 1.35 bits per heavy atom. The van der Waals surface area contributed by atoms with Gasteiger partial charge in [0.2, 0.25) is 5.91 Å². The van der Waals surface area contributed by atoms with E-state index in [2.05, 4.69) is 31.8 Å².